The lowest BCUT2D eigenvalue weighted by Crippen LogP contribution is -2.33. The van der Waals surface area contributed by atoms with Crippen LogP contribution < -0.4 is 10.6 Å². The van der Waals surface area contributed by atoms with Gasteiger partial charge in [-0.25, -0.2) is 0 Å². The Kier molecular flexibility index (Phi) is 5.49. The van der Waals surface area contributed by atoms with E-state index in [1.807, 2.05) is 30.3 Å². The summed E-state index contributed by atoms with van der Waals surface area (Å²) in [6.45, 7) is 0. The molecule has 0 bridgehead atoms. The second-order valence-electron chi connectivity index (χ2n) is 6.08. The number of benzene rings is 2. The number of pyridine rings is 1. The second-order valence-corrected chi connectivity index (χ2v) is 7.33. The molecule has 0 aliphatic rings. The van der Waals surface area contributed by atoms with Crippen molar-refractivity contribution in [2.45, 2.75) is 0 Å². The molecule has 5 nitrogen and oxygen atoms in total. The van der Waals surface area contributed by atoms with E-state index in [1.165, 1.54) is 0 Å². The van der Waals surface area contributed by atoms with E-state index in [1.54, 1.807) is 36.5 Å². The molecule has 0 radical (unpaired) electrons. The van der Waals surface area contributed by atoms with Crippen molar-refractivity contribution in [2.24, 2.45) is 0 Å². The molecule has 4 aromatic rings. The van der Waals surface area contributed by atoms with Crippen molar-refractivity contribution in [2.75, 3.05) is 5.32 Å². The zero-order chi connectivity index (χ0) is 20.4. The number of hydrogen-bond donors (Lipinski definition) is 2. The number of carbonyl (C=O) groups is 1. The van der Waals surface area contributed by atoms with Gasteiger partial charge in [-0.1, -0.05) is 41.4 Å². The third-order valence-electron chi connectivity index (χ3n) is 4.13. The van der Waals surface area contributed by atoms with Crippen molar-refractivity contribution in [3.05, 3.63) is 82.7 Å². The molecule has 4 rings (SSSR count). The third-order valence-corrected chi connectivity index (χ3v) is 4.90. The van der Waals surface area contributed by atoms with Gasteiger partial charge in [-0.3, -0.25) is 15.1 Å². The SMILES string of the molecule is O=C(NC(=S)Nc1cccc2cccnc12)c1ccc(-c2cc(Cl)ccc2Cl)o1. The zero-order valence-electron chi connectivity index (χ0n) is 14.8. The molecular formula is C21H13Cl2N3O2S. The van der Waals surface area contributed by atoms with Crippen molar-refractivity contribution in [3.63, 3.8) is 0 Å². The van der Waals surface area contributed by atoms with E-state index in [0.29, 0.717) is 27.1 Å². The Morgan fingerprint density at radius 1 is 1.03 bits per heavy atom. The summed E-state index contributed by atoms with van der Waals surface area (Å²) in [7, 11) is 0. The van der Waals surface area contributed by atoms with Crippen molar-refractivity contribution < 1.29 is 9.21 Å². The molecule has 0 spiro atoms. The van der Waals surface area contributed by atoms with Crippen LogP contribution in [0, 0.1) is 0 Å². The number of nitrogens with zero attached hydrogens (tertiary/aromatic N) is 1. The molecule has 0 fully saturated rings. The third kappa shape index (κ3) is 4.24. The van der Waals surface area contributed by atoms with E-state index >= 15 is 0 Å². The Balaban J connectivity index is 1.49. The molecule has 1 amide bonds. The first-order valence-electron chi connectivity index (χ1n) is 8.52. The van der Waals surface area contributed by atoms with Crippen molar-refractivity contribution in [1.82, 2.24) is 10.3 Å². The van der Waals surface area contributed by atoms with E-state index < -0.39 is 5.91 Å². The van der Waals surface area contributed by atoms with Crippen LogP contribution in [0.5, 0.6) is 0 Å². The highest BCUT2D eigenvalue weighted by molar-refractivity contribution is 7.80. The Morgan fingerprint density at radius 3 is 2.72 bits per heavy atom. The number of anilines is 1. The number of fused-ring (bicyclic) bond motifs is 1. The number of hydrogen-bond acceptors (Lipinski definition) is 4. The van der Waals surface area contributed by atoms with Gasteiger partial charge in [0, 0.05) is 22.2 Å². The first kappa shape index (κ1) is 19.4. The summed E-state index contributed by atoms with van der Waals surface area (Å²) in [5.41, 5.74) is 2.04. The van der Waals surface area contributed by atoms with Crippen LogP contribution in [0.1, 0.15) is 10.6 Å². The van der Waals surface area contributed by atoms with Crippen LogP contribution in [0.25, 0.3) is 22.2 Å². The number of rotatable bonds is 3. The van der Waals surface area contributed by atoms with Gasteiger partial charge in [-0.05, 0) is 54.7 Å². The number of thiocarbonyl (C=S) groups is 1. The van der Waals surface area contributed by atoms with Gasteiger partial charge in [0.2, 0.25) is 0 Å². The highest BCUT2D eigenvalue weighted by Crippen LogP contribution is 2.31. The minimum atomic E-state index is -0.486. The van der Waals surface area contributed by atoms with Gasteiger partial charge < -0.3 is 9.73 Å². The van der Waals surface area contributed by atoms with Gasteiger partial charge in [0.25, 0.3) is 5.91 Å². The van der Waals surface area contributed by atoms with Crippen molar-refractivity contribution in [3.8, 4) is 11.3 Å². The summed E-state index contributed by atoms with van der Waals surface area (Å²) in [6, 6.07) is 17.7. The number of nitrogens with one attached hydrogen (secondary N) is 2. The molecule has 0 saturated carbocycles. The fourth-order valence-electron chi connectivity index (χ4n) is 2.81. The highest BCUT2D eigenvalue weighted by atomic mass is 35.5. The molecule has 0 aliphatic carbocycles. The van der Waals surface area contributed by atoms with Crippen LogP contribution in [0.2, 0.25) is 10.0 Å². The second kappa shape index (κ2) is 8.21. The Labute approximate surface area is 181 Å². The fraction of sp³-hybridized carbons (Fsp3) is 0. The van der Waals surface area contributed by atoms with E-state index in [0.717, 1.165) is 10.9 Å². The van der Waals surface area contributed by atoms with Crippen LogP contribution in [0.4, 0.5) is 5.69 Å². The van der Waals surface area contributed by atoms with Crippen LogP contribution in [-0.4, -0.2) is 16.0 Å². The molecule has 2 N–H and O–H groups in total. The number of carbonyl (C=O) groups excluding carboxylic acids is 1. The first-order chi connectivity index (χ1) is 14.0. The number of amides is 1. The largest absolute Gasteiger partial charge is 0.451 e. The van der Waals surface area contributed by atoms with E-state index in [-0.39, 0.29) is 10.9 Å². The summed E-state index contributed by atoms with van der Waals surface area (Å²) in [6.07, 6.45) is 1.69. The maximum absolute atomic E-state index is 12.5. The normalized spacial score (nSPS) is 10.7. The zero-order valence-corrected chi connectivity index (χ0v) is 17.1. The Hall–Kier alpha value is -2.93. The lowest BCUT2D eigenvalue weighted by atomic mass is 10.2. The molecule has 0 saturated heterocycles. The topological polar surface area (TPSA) is 67.2 Å². The molecule has 0 atom stereocenters. The predicted molar refractivity (Wildman–Crippen MR) is 120 cm³/mol. The van der Waals surface area contributed by atoms with Crippen molar-refractivity contribution >= 4 is 63.0 Å². The molecule has 0 aliphatic heterocycles. The van der Waals surface area contributed by atoms with Gasteiger partial charge >= 0.3 is 0 Å². The van der Waals surface area contributed by atoms with E-state index in [4.69, 9.17) is 39.8 Å². The van der Waals surface area contributed by atoms with Crippen LogP contribution in [0.15, 0.2) is 71.3 Å². The van der Waals surface area contributed by atoms with Gasteiger partial charge in [-0.15, -0.1) is 0 Å². The first-order valence-corrected chi connectivity index (χ1v) is 9.69. The number of furan rings is 1. The van der Waals surface area contributed by atoms with E-state index in [2.05, 4.69) is 15.6 Å². The fourth-order valence-corrected chi connectivity index (χ4v) is 3.40. The van der Waals surface area contributed by atoms with Crippen LogP contribution in [-0.2, 0) is 0 Å². The Morgan fingerprint density at radius 2 is 1.86 bits per heavy atom. The molecule has 2 aromatic heterocycles. The smallest absolute Gasteiger partial charge is 0.293 e. The summed E-state index contributed by atoms with van der Waals surface area (Å²) in [5.74, 6) is 0.0381. The van der Waals surface area contributed by atoms with E-state index in [9.17, 15) is 4.79 Å². The monoisotopic (exact) mass is 441 g/mol. The standard InChI is InChI=1S/C21H13Cl2N3O2S/c22-13-6-7-15(23)14(11-13)17-8-9-18(28-17)20(27)26-21(29)25-16-5-1-3-12-4-2-10-24-19(12)16/h1-11H,(H2,25,26,27,29). The van der Waals surface area contributed by atoms with Gasteiger partial charge in [0.05, 0.1) is 16.2 Å². The Bertz CT molecular complexity index is 1230. The molecule has 2 aromatic carbocycles. The average Bonchev–Trinajstić information content (AvgIpc) is 3.20. The maximum Gasteiger partial charge on any atom is 0.293 e. The number of aromatic nitrogens is 1. The van der Waals surface area contributed by atoms with Crippen LogP contribution >= 0.6 is 35.4 Å². The highest BCUT2D eigenvalue weighted by Gasteiger charge is 2.16. The van der Waals surface area contributed by atoms with Crippen molar-refractivity contribution in [1.29, 1.82) is 0 Å². The molecular weight excluding hydrogens is 429 g/mol. The quantitative estimate of drug-likeness (QED) is 0.385. The summed E-state index contributed by atoms with van der Waals surface area (Å²) in [5, 5.41) is 7.67. The van der Waals surface area contributed by atoms with Gasteiger partial charge in [0.15, 0.2) is 10.9 Å². The molecule has 29 heavy (non-hydrogen) atoms. The molecule has 2 heterocycles. The minimum absolute atomic E-state index is 0.0937. The summed E-state index contributed by atoms with van der Waals surface area (Å²) >= 11 is 17.5. The number of halogens is 2. The summed E-state index contributed by atoms with van der Waals surface area (Å²) < 4.78 is 5.63. The lowest BCUT2D eigenvalue weighted by Gasteiger charge is -2.10. The summed E-state index contributed by atoms with van der Waals surface area (Å²) in [4.78, 5) is 16.8. The average molecular weight is 442 g/mol. The minimum Gasteiger partial charge on any atom is -0.451 e. The molecule has 0 unspecified atom stereocenters. The molecule has 144 valence electrons. The maximum atomic E-state index is 12.5. The number of para-hydroxylation sites is 1. The van der Waals surface area contributed by atoms with Gasteiger partial charge in [0.1, 0.15) is 5.76 Å². The van der Waals surface area contributed by atoms with Crippen LogP contribution in [0.3, 0.4) is 0 Å². The van der Waals surface area contributed by atoms with Gasteiger partial charge in [-0.2, -0.15) is 0 Å². The lowest BCUT2D eigenvalue weighted by molar-refractivity contribution is 0.0951. The predicted octanol–water partition coefficient (Wildman–Crippen LogP) is 5.93. The molecule has 8 heteroatoms.